The molecule has 0 bridgehead atoms. The molecule has 1 saturated heterocycles. The fourth-order valence-corrected chi connectivity index (χ4v) is 5.74. The number of fused-ring (bicyclic) bond motifs is 1. The highest BCUT2D eigenvalue weighted by molar-refractivity contribution is 7.89. The third kappa shape index (κ3) is 5.04. The molecule has 2 aromatic carbocycles. The number of anilines is 1. The first-order valence-corrected chi connectivity index (χ1v) is 12.6. The summed E-state index contributed by atoms with van der Waals surface area (Å²) in [4.78, 5) is 30.0. The second-order valence-corrected chi connectivity index (χ2v) is 10.6. The Hall–Kier alpha value is -3.34. The second kappa shape index (κ2) is 9.73. The number of nitrogens with one attached hydrogen (secondary N) is 1. The highest BCUT2D eigenvalue weighted by atomic mass is 32.2. The largest absolute Gasteiger partial charge is 0.451 e. The van der Waals surface area contributed by atoms with Gasteiger partial charge in [-0.15, -0.1) is 0 Å². The summed E-state index contributed by atoms with van der Waals surface area (Å²) in [5.74, 6) is -1.46. The molecule has 1 aliphatic rings. The maximum Gasteiger partial charge on any atom is 0.325 e. The molecule has 1 aromatic heterocycles. The van der Waals surface area contributed by atoms with Gasteiger partial charge in [0.25, 0.3) is 5.91 Å². The van der Waals surface area contributed by atoms with Crippen molar-refractivity contribution in [1.29, 1.82) is 0 Å². The minimum atomic E-state index is -4.07. The van der Waals surface area contributed by atoms with Gasteiger partial charge in [-0.25, -0.2) is 8.42 Å². The molecule has 3 atom stereocenters. The minimum absolute atomic E-state index is 0.0304. The van der Waals surface area contributed by atoms with E-state index in [1.165, 1.54) is 19.1 Å². The zero-order valence-electron chi connectivity index (χ0n) is 19.6. The topological polar surface area (TPSA) is 126 Å². The van der Waals surface area contributed by atoms with Crippen LogP contribution in [-0.4, -0.2) is 59.5 Å². The summed E-state index contributed by atoms with van der Waals surface area (Å²) in [5, 5.41) is 13.6. The van der Waals surface area contributed by atoms with Crippen LogP contribution in [0.3, 0.4) is 0 Å². The van der Waals surface area contributed by atoms with Crippen molar-refractivity contribution >= 4 is 38.5 Å². The maximum absolute atomic E-state index is 13.3. The highest BCUT2D eigenvalue weighted by Crippen LogP contribution is 2.29. The van der Waals surface area contributed by atoms with E-state index in [0.717, 1.165) is 20.8 Å². The van der Waals surface area contributed by atoms with E-state index in [1.54, 1.807) is 37.4 Å². The molecule has 1 fully saturated rings. The molecule has 4 rings (SSSR count). The van der Waals surface area contributed by atoms with Crippen LogP contribution in [0.15, 0.2) is 59.6 Å². The lowest BCUT2D eigenvalue weighted by atomic mass is 10.1. The van der Waals surface area contributed by atoms with Crippen LogP contribution < -0.4 is 5.32 Å². The summed E-state index contributed by atoms with van der Waals surface area (Å²) in [7, 11) is -4.07. The van der Waals surface area contributed by atoms with Crippen molar-refractivity contribution in [2.75, 3.05) is 11.9 Å². The Balaban J connectivity index is 1.49. The molecule has 0 aliphatic carbocycles. The number of aliphatic hydroxyl groups is 1. The van der Waals surface area contributed by atoms with Crippen LogP contribution in [0.5, 0.6) is 0 Å². The lowest BCUT2D eigenvalue weighted by Crippen LogP contribution is -2.43. The molecule has 2 heterocycles. The number of rotatable bonds is 6. The first-order valence-electron chi connectivity index (χ1n) is 11.2. The SMILES string of the molecule is Cc1ccc(S(=O)(=O)N2CC(O)C[C@H]2C(=O)OC(C)C(=O)Nc2cccc3ncccc23)cc1C. The molecule has 1 aliphatic heterocycles. The summed E-state index contributed by atoms with van der Waals surface area (Å²) >= 11 is 0. The van der Waals surface area contributed by atoms with Crippen molar-refractivity contribution in [1.82, 2.24) is 9.29 Å². The summed E-state index contributed by atoms with van der Waals surface area (Å²) < 4.78 is 32.8. The summed E-state index contributed by atoms with van der Waals surface area (Å²) in [5.41, 5.74) is 2.93. The number of amides is 1. The fraction of sp³-hybridized carbons (Fsp3) is 0.320. The lowest BCUT2D eigenvalue weighted by Gasteiger charge is -2.24. The third-order valence-corrected chi connectivity index (χ3v) is 8.03. The number of carbonyl (C=O) groups is 2. The number of esters is 1. The molecule has 35 heavy (non-hydrogen) atoms. The van der Waals surface area contributed by atoms with E-state index < -0.39 is 40.1 Å². The first-order chi connectivity index (χ1) is 16.6. The van der Waals surface area contributed by atoms with E-state index in [9.17, 15) is 23.1 Å². The molecule has 2 N–H and O–H groups in total. The van der Waals surface area contributed by atoms with Gasteiger partial charge in [-0.2, -0.15) is 4.31 Å². The zero-order chi connectivity index (χ0) is 25.3. The van der Waals surface area contributed by atoms with Crippen LogP contribution in [0.1, 0.15) is 24.5 Å². The molecule has 2 unspecified atom stereocenters. The van der Waals surface area contributed by atoms with Gasteiger partial charge in [0.2, 0.25) is 10.0 Å². The van der Waals surface area contributed by atoms with E-state index in [-0.39, 0.29) is 17.9 Å². The number of carbonyl (C=O) groups excluding carboxylic acids is 2. The monoisotopic (exact) mass is 497 g/mol. The van der Waals surface area contributed by atoms with E-state index in [2.05, 4.69) is 10.3 Å². The van der Waals surface area contributed by atoms with Crippen molar-refractivity contribution in [3.05, 3.63) is 65.9 Å². The fourth-order valence-electron chi connectivity index (χ4n) is 4.03. The number of hydrogen-bond acceptors (Lipinski definition) is 7. The lowest BCUT2D eigenvalue weighted by molar-refractivity contribution is -0.156. The van der Waals surface area contributed by atoms with Gasteiger partial charge < -0.3 is 15.2 Å². The molecule has 0 spiro atoms. The van der Waals surface area contributed by atoms with Crippen LogP contribution in [-0.2, 0) is 24.3 Å². The molecule has 0 saturated carbocycles. The molecule has 3 aromatic rings. The number of nitrogens with zero attached hydrogens (tertiary/aromatic N) is 2. The van der Waals surface area contributed by atoms with Crippen LogP contribution in [0, 0.1) is 13.8 Å². The van der Waals surface area contributed by atoms with Crippen LogP contribution in [0.2, 0.25) is 0 Å². The average Bonchev–Trinajstić information content (AvgIpc) is 3.23. The molecule has 184 valence electrons. The van der Waals surface area contributed by atoms with Crippen molar-refractivity contribution < 1.29 is 27.9 Å². The predicted molar refractivity (Wildman–Crippen MR) is 130 cm³/mol. The standard InChI is InChI=1S/C25H27N3O6S/c1-15-9-10-19(12-16(15)2)35(32,33)28-14-18(29)13-23(28)25(31)34-17(3)24(30)27-22-8-4-7-21-20(22)6-5-11-26-21/h4-12,17-18,23,29H,13-14H2,1-3H3,(H,27,30)/t17?,18?,23-/m0/s1. The van der Waals surface area contributed by atoms with Gasteiger partial charge in [-0.05, 0) is 68.3 Å². The van der Waals surface area contributed by atoms with Gasteiger partial charge in [0.15, 0.2) is 6.10 Å². The van der Waals surface area contributed by atoms with Crippen LogP contribution >= 0.6 is 0 Å². The van der Waals surface area contributed by atoms with Gasteiger partial charge in [0, 0.05) is 24.5 Å². The number of pyridine rings is 1. The highest BCUT2D eigenvalue weighted by Gasteiger charge is 2.45. The van der Waals surface area contributed by atoms with Crippen molar-refractivity contribution in [3.8, 4) is 0 Å². The van der Waals surface area contributed by atoms with Gasteiger partial charge in [-0.3, -0.25) is 14.6 Å². The molecule has 1 amide bonds. The first kappa shape index (κ1) is 24.8. The Labute approximate surface area is 203 Å². The normalized spacial score (nSPS) is 19.4. The number of β-amino-alcohol motifs (C(OH)–C–C–N with tert-alkyl or cyclic N) is 1. The smallest absolute Gasteiger partial charge is 0.325 e. The number of aryl methyl sites for hydroxylation is 2. The molecule has 10 heteroatoms. The molecular weight excluding hydrogens is 470 g/mol. The van der Waals surface area contributed by atoms with Gasteiger partial charge in [-0.1, -0.05) is 12.1 Å². The van der Waals surface area contributed by atoms with Gasteiger partial charge in [0.1, 0.15) is 6.04 Å². The number of sulfonamides is 1. The summed E-state index contributed by atoms with van der Waals surface area (Å²) in [6.07, 6.45) is -0.697. The Kier molecular flexibility index (Phi) is 6.88. The van der Waals surface area contributed by atoms with Gasteiger partial charge in [0.05, 0.1) is 22.2 Å². The quantitative estimate of drug-likeness (QED) is 0.501. The van der Waals surface area contributed by atoms with Crippen LogP contribution in [0.25, 0.3) is 10.9 Å². The van der Waals surface area contributed by atoms with Gasteiger partial charge >= 0.3 is 5.97 Å². The molecule has 0 radical (unpaired) electrons. The third-order valence-electron chi connectivity index (χ3n) is 6.16. The van der Waals surface area contributed by atoms with E-state index in [4.69, 9.17) is 4.74 Å². The van der Waals surface area contributed by atoms with Crippen molar-refractivity contribution in [2.24, 2.45) is 0 Å². The zero-order valence-corrected chi connectivity index (χ0v) is 20.5. The van der Waals surface area contributed by atoms with Crippen LogP contribution in [0.4, 0.5) is 5.69 Å². The number of aromatic nitrogens is 1. The van der Waals surface area contributed by atoms with E-state index in [0.29, 0.717) is 11.2 Å². The minimum Gasteiger partial charge on any atom is -0.451 e. The Morgan fingerprint density at radius 2 is 1.91 bits per heavy atom. The predicted octanol–water partition coefficient (Wildman–Crippen LogP) is 2.55. The molecular formula is C25H27N3O6S. The number of hydrogen-bond donors (Lipinski definition) is 2. The number of benzene rings is 2. The second-order valence-electron chi connectivity index (χ2n) is 8.67. The van der Waals surface area contributed by atoms with Crippen molar-refractivity contribution in [2.45, 2.75) is 50.3 Å². The van der Waals surface area contributed by atoms with E-state index >= 15 is 0 Å². The Bertz CT molecular complexity index is 1390. The average molecular weight is 498 g/mol. The molecule has 9 nitrogen and oxygen atoms in total. The summed E-state index contributed by atoms with van der Waals surface area (Å²) in [6, 6.07) is 12.3. The van der Waals surface area contributed by atoms with Crippen molar-refractivity contribution in [3.63, 3.8) is 0 Å². The Morgan fingerprint density at radius 1 is 1.14 bits per heavy atom. The Morgan fingerprint density at radius 3 is 2.66 bits per heavy atom. The maximum atomic E-state index is 13.3. The number of aliphatic hydroxyl groups excluding tert-OH is 1. The summed E-state index contributed by atoms with van der Waals surface area (Å²) in [6.45, 7) is 4.83. The van der Waals surface area contributed by atoms with E-state index in [1.807, 2.05) is 19.1 Å². The number of ether oxygens (including phenoxy) is 1.